The van der Waals surface area contributed by atoms with Gasteiger partial charge in [-0.1, -0.05) is 0 Å². The molecule has 0 aromatic carbocycles. The van der Waals surface area contributed by atoms with Crippen molar-refractivity contribution < 1.29 is 14.3 Å². The summed E-state index contributed by atoms with van der Waals surface area (Å²) in [7, 11) is 1.39. The number of ether oxygens (including phenoxy) is 1. The van der Waals surface area contributed by atoms with Gasteiger partial charge in [0, 0.05) is 25.5 Å². The van der Waals surface area contributed by atoms with Crippen molar-refractivity contribution in [2.24, 2.45) is 5.41 Å². The molecule has 0 aliphatic carbocycles. The first kappa shape index (κ1) is 13.6. The number of carbonyl (C=O) groups is 2. The average Bonchev–Trinajstić information content (AvgIpc) is 2.83. The molecule has 1 N–H and O–H groups in total. The molecule has 2 heterocycles. The minimum Gasteiger partial charge on any atom is -0.469 e. The lowest BCUT2D eigenvalue weighted by Gasteiger charge is -2.38. The SMILES string of the molecule is COC(=O)[C@@]1(C)CCCN(C(=O)c2c[nH]cc2C)C1. The number of likely N-dealkylation sites (tertiary alicyclic amines) is 1. The van der Waals surface area contributed by atoms with Crippen LogP contribution in [0.25, 0.3) is 0 Å². The van der Waals surface area contributed by atoms with E-state index in [1.54, 1.807) is 17.3 Å². The summed E-state index contributed by atoms with van der Waals surface area (Å²) in [5.41, 5.74) is 1.01. The van der Waals surface area contributed by atoms with E-state index in [-0.39, 0.29) is 11.9 Å². The van der Waals surface area contributed by atoms with Crippen LogP contribution in [0, 0.1) is 12.3 Å². The Morgan fingerprint density at radius 1 is 1.42 bits per heavy atom. The minimum atomic E-state index is -0.590. The molecule has 19 heavy (non-hydrogen) atoms. The van der Waals surface area contributed by atoms with Crippen LogP contribution < -0.4 is 0 Å². The van der Waals surface area contributed by atoms with Crippen molar-refractivity contribution in [2.45, 2.75) is 26.7 Å². The first-order valence-corrected chi connectivity index (χ1v) is 6.49. The second kappa shape index (κ2) is 5.07. The Labute approximate surface area is 112 Å². The van der Waals surface area contributed by atoms with E-state index in [1.165, 1.54) is 7.11 Å². The molecular formula is C14H20N2O3. The molecule has 0 radical (unpaired) electrons. The predicted octanol–water partition coefficient (Wildman–Crippen LogP) is 1.74. The number of amides is 1. The van der Waals surface area contributed by atoms with Crippen LogP contribution in [0.4, 0.5) is 0 Å². The summed E-state index contributed by atoms with van der Waals surface area (Å²) in [6.07, 6.45) is 5.09. The Balaban J connectivity index is 2.16. The van der Waals surface area contributed by atoms with Gasteiger partial charge in [-0.3, -0.25) is 9.59 Å². The molecule has 2 rings (SSSR count). The summed E-state index contributed by atoms with van der Waals surface area (Å²) in [5.74, 6) is -0.260. The van der Waals surface area contributed by atoms with Crippen molar-refractivity contribution in [1.29, 1.82) is 0 Å². The van der Waals surface area contributed by atoms with Crippen LogP contribution in [0.1, 0.15) is 35.7 Å². The summed E-state index contributed by atoms with van der Waals surface area (Å²) in [6.45, 7) is 4.87. The summed E-state index contributed by atoms with van der Waals surface area (Å²) in [4.78, 5) is 29.0. The maximum atomic E-state index is 12.4. The summed E-state index contributed by atoms with van der Waals surface area (Å²) in [6, 6.07) is 0. The fourth-order valence-corrected chi connectivity index (χ4v) is 2.67. The lowest BCUT2D eigenvalue weighted by Crippen LogP contribution is -2.48. The largest absolute Gasteiger partial charge is 0.469 e. The van der Waals surface area contributed by atoms with Gasteiger partial charge < -0.3 is 14.6 Å². The second-order valence-electron chi connectivity index (χ2n) is 5.43. The molecule has 5 nitrogen and oxygen atoms in total. The van der Waals surface area contributed by atoms with Gasteiger partial charge in [-0.2, -0.15) is 0 Å². The fourth-order valence-electron chi connectivity index (χ4n) is 2.67. The van der Waals surface area contributed by atoms with Crippen LogP contribution in [-0.2, 0) is 9.53 Å². The van der Waals surface area contributed by atoms with Gasteiger partial charge in [-0.15, -0.1) is 0 Å². The van der Waals surface area contributed by atoms with Gasteiger partial charge in [0.25, 0.3) is 5.91 Å². The molecule has 0 unspecified atom stereocenters. The highest BCUT2D eigenvalue weighted by molar-refractivity contribution is 5.96. The van der Waals surface area contributed by atoms with E-state index < -0.39 is 5.41 Å². The van der Waals surface area contributed by atoms with E-state index in [1.807, 2.05) is 13.8 Å². The average molecular weight is 264 g/mol. The summed E-state index contributed by atoms with van der Waals surface area (Å²) < 4.78 is 4.85. The van der Waals surface area contributed by atoms with Gasteiger partial charge in [-0.25, -0.2) is 0 Å². The van der Waals surface area contributed by atoms with Crippen molar-refractivity contribution in [3.05, 3.63) is 23.5 Å². The van der Waals surface area contributed by atoms with Crippen LogP contribution in [-0.4, -0.2) is 42.0 Å². The van der Waals surface area contributed by atoms with Gasteiger partial charge in [0.1, 0.15) is 0 Å². The quantitative estimate of drug-likeness (QED) is 0.828. The van der Waals surface area contributed by atoms with Gasteiger partial charge in [0.2, 0.25) is 0 Å². The molecular weight excluding hydrogens is 244 g/mol. The van der Waals surface area contributed by atoms with Crippen LogP contribution in [0.2, 0.25) is 0 Å². The number of aromatic nitrogens is 1. The van der Waals surface area contributed by atoms with Crippen LogP contribution in [0.3, 0.4) is 0 Å². The highest BCUT2D eigenvalue weighted by Gasteiger charge is 2.40. The number of H-pyrrole nitrogens is 1. The number of esters is 1. The van der Waals surface area contributed by atoms with Gasteiger partial charge >= 0.3 is 5.97 Å². The Bertz CT molecular complexity index is 495. The van der Waals surface area contributed by atoms with Crippen LogP contribution in [0.5, 0.6) is 0 Å². The number of methoxy groups -OCH3 is 1. The zero-order valence-electron chi connectivity index (χ0n) is 11.7. The molecule has 1 atom stereocenters. The van der Waals surface area contributed by atoms with E-state index >= 15 is 0 Å². The molecule has 5 heteroatoms. The molecule has 1 aromatic rings. The number of aryl methyl sites for hydroxylation is 1. The third-order valence-electron chi connectivity index (χ3n) is 3.84. The van der Waals surface area contributed by atoms with E-state index in [0.29, 0.717) is 18.7 Å². The Kier molecular flexibility index (Phi) is 3.64. The van der Waals surface area contributed by atoms with E-state index in [2.05, 4.69) is 4.98 Å². The van der Waals surface area contributed by atoms with E-state index in [0.717, 1.165) is 18.4 Å². The highest BCUT2D eigenvalue weighted by atomic mass is 16.5. The maximum Gasteiger partial charge on any atom is 0.313 e. The molecule has 1 aromatic heterocycles. The van der Waals surface area contributed by atoms with Gasteiger partial charge in [-0.05, 0) is 32.3 Å². The smallest absolute Gasteiger partial charge is 0.313 e. The Hall–Kier alpha value is -1.78. The lowest BCUT2D eigenvalue weighted by molar-refractivity contribution is -0.154. The van der Waals surface area contributed by atoms with Gasteiger partial charge in [0.15, 0.2) is 0 Å². The Morgan fingerprint density at radius 3 is 2.74 bits per heavy atom. The number of piperidine rings is 1. The van der Waals surface area contributed by atoms with Crippen LogP contribution in [0.15, 0.2) is 12.4 Å². The number of aromatic amines is 1. The van der Waals surface area contributed by atoms with Gasteiger partial charge in [0.05, 0.1) is 18.1 Å². The van der Waals surface area contributed by atoms with Crippen molar-refractivity contribution in [1.82, 2.24) is 9.88 Å². The molecule has 0 bridgehead atoms. The Morgan fingerprint density at radius 2 is 2.16 bits per heavy atom. The zero-order valence-corrected chi connectivity index (χ0v) is 11.7. The van der Waals surface area contributed by atoms with E-state index in [9.17, 15) is 9.59 Å². The highest BCUT2D eigenvalue weighted by Crippen LogP contribution is 2.31. The summed E-state index contributed by atoms with van der Waals surface area (Å²) in [5, 5.41) is 0. The molecule has 1 fully saturated rings. The molecule has 0 saturated carbocycles. The van der Waals surface area contributed by atoms with Crippen molar-refractivity contribution in [3.63, 3.8) is 0 Å². The molecule has 1 aliphatic heterocycles. The maximum absolute atomic E-state index is 12.4. The number of carbonyl (C=O) groups excluding carboxylic acids is 2. The lowest BCUT2D eigenvalue weighted by atomic mass is 9.81. The first-order valence-electron chi connectivity index (χ1n) is 6.49. The monoisotopic (exact) mass is 264 g/mol. The summed E-state index contributed by atoms with van der Waals surface area (Å²) >= 11 is 0. The van der Waals surface area contributed by atoms with Crippen molar-refractivity contribution in [3.8, 4) is 0 Å². The fraction of sp³-hybridized carbons (Fsp3) is 0.571. The van der Waals surface area contributed by atoms with E-state index in [4.69, 9.17) is 4.74 Å². The standard InChI is InChI=1S/C14H20N2O3/c1-10-7-15-8-11(10)12(17)16-6-4-5-14(2,9-16)13(18)19-3/h7-8,15H,4-6,9H2,1-3H3/t14-/m0/s1. The minimum absolute atomic E-state index is 0.0198. The van der Waals surface area contributed by atoms with Crippen LogP contribution >= 0.6 is 0 Å². The van der Waals surface area contributed by atoms with Crippen molar-refractivity contribution in [2.75, 3.05) is 20.2 Å². The third kappa shape index (κ3) is 2.50. The number of hydrogen-bond acceptors (Lipinski definition) is 3. The molecule has 1 amide bonds. The number of rotatable bonds is 2. The molecule has 104 valence electrons. The predicted molar refractivity (Wildman–Crippen MR) is 70.8 cm³/mol. The topological polar surface area (TPSA) is 62.4 Å². The number of nitrogens with one attached hydrogen (secondary N) is 1. The number of hydrogen-bond donors (Lipinski definition) is 1. The molecule has 1 saturated heterocycles. The van der Waals surface area contributed by atoms with Crippen molar-refractivity contribution >= 4 is 11.9 Å². The zero-order chi connectivity index (χ0) is 14.0. The first-order chi connectivity index (χ1) is 8.98. The normalized spacial score (nSPS) is 23.2. The second-order valence-corrected chi connectivity index (χ2v) is 5.43. The third-order valence-corrected chi connectivity index (χ3v) is 3.84. The molecule has 0 spiro atoms. The number of nitrogens with zero attached hydrogens (tertiary/aromatic N) is 1. The molecule has 1 aliphatic rings.